The molecule has 2 rings (SSSR count). The fraction of sp³-hybridized carbons (Fsp3) is 0.389. The molecule has 1 fully saturated rings. The summed E-state index contributed by atoms with van der Waals surface area (Å²) < 4.78 is 10.3. The Kier molecular flexibility index (Phi) is 6.99. The van der Waals surface area contributed by atoms with Crippen molar-refractivity contribution >= 4 is 17.6 Å². The third-order valence-corrected chi connectivity index (χ3v) is 3.64. The molecule has 1 aromatic carbocycles. The third-order valence-electron chi connectivity index (χ3n) is 3.64. The van der Waals surface area contributed by atoms with E-state index in [1.165, 1.54) is 6.20 Å². The van der Waals surface area contributed by atoms with Gasteiger partial charge in [-0.3, -0.25) is 4.79 Å². The summed E-state index contributed by atoms with van der Waals surface area (Å²) in [7, 11) is 0. The summed E-state index contributed by atoms with van der Waals surface area (Å²) >= 11 is 0. The van der Waals surface area contributed by atoms with Gasteiger partial charge in [-0.2, -0.15) is 5.26 Å². The van der Waals surface area contributed by atoms with E-state index in [9.17, 15) is 9.59 Å². The summed E-state index contributed by atoms with van der Waals surface area (Å²) in [5, 5.41) is 14.7. The van der Waals surface area contributed by atoms with Gasteiger partial charge in [0.05, 0.1) is 12.7 Å². The number of carbonyl (C=O) groups is 2. The molecule has 0 aliphatic carbocycles. The molecule has 0 saturated carbocycles. The van der Waals surface area contributed by atoms with Gasteiger partial charge in [-0.15, -0.1) is 0 Å². The lowest BCUT2D eigenvalue weighted by Gasteiger charge is -2.11. The maximum Gasteiger partial charge on any atom is 0.350 e. The maximum absolute atomic E-state index is 12.2. The second-order valence-corrected chi connectivity index (χ2v) is 5.46. The van der Waals surface area contributed by atoms with Crippen molar-refractivity contribution in [1.82, 2.24) is 5.32 Å². The second-order valence-electron chi connectivity index (χ2n) is 5.46. The Balaban J connectivity index is 1.96. The molecule has 1 amide bonds. The number of rotatable bonds is 7. The summed E-state index contributed by atoms with van der Waals surface area (Å²) in [6, 6.07) is 8.55. The molecule has 1 unspecified atom stereocenters. The van der Waals surface area contributed by atoms with Gasteiger partial charge >= 0.3 is 5.97 Å². The molecule has 2 N–H and O–H groups in total. The molecule has 132 valence electrons. The lowest BCUT2D eigenvalue weighted by atomic mass is 10.1. The van der Waals surface area contributed by atoms with E-state index in [4.69, 9.17) is 14.7 Å². The van der Waals surface area contributed by atoms with Crippen molar-refractivity contribution in [1.29, 1.82) is 5.26 Å². The molecule has 25 heavy (non-hydrogen) atoms. The molecule has 0 spiro atoms. The predicted molar refractivity (Wildman–Crippen MR) is 91.7 cm³/mol. The van der Waals surface area contributed by atoms with E-state index in [0.717, 1.165) is 19.4 Å². The fourth-order valence-corrected chi connectivity index (χ4v) is 2.37. The number of nitrogens with one attached hydrogen (secondary N) is 2. The summed E-state index contributed by atoms with van der Waals surface area (Å²) in [6.45, 7) is 3.09. The lowest BCUT2D eigenvalue weighted by molar-refractivity contribution is -0.138. The molecule has 7 heteroatoms. The summed E-state index contributed by atoms with van der Waals surface area (Å²) in [5.41, 5.74) is 0.919. The average molecular weight is 343 g/mol. The molecule has 1 saturated heterocycles. The minimum Gasteiger partial charge on any atom is -0.462 e. The summed E-state index contributed by atoms with van der Waals surface area (Å²) in [6.07, 6.45) is 3.32. The van der Waals surface area contributed by atoms with Gasteiger partial charge < -0.3 is 20.1 Å². The van der Waals surface area contributed by atoms with Crippen LogP contribution in [-0.2, 0) is 14.3 Å². The third kappa shape index (κ3) is 5.62. The van der Waals surface area contributed by atoms with Gasteiger partial charge in [-0.1, -0.05) is 6.07 Å². The van der Waals surface area contributed by atoms with Crippen LogP contribution in [0.2, 0.25) is 0 Å². The minimum atomic E-state index is -0.692. The summed E-state index contributed by atoms with van der Waals surface area (Å²) in [4.78, 5) is 23.8. The molecule has 1 aliphatic rings. The second kappa shape index (κ2) is 9.45. The van der Waals surface area contributed by atoms with E-state index in [1.807, 2.05) is 0 Å². The Morgan fingerprint density at radius 3 is 3.00 bits per heavy atom. The lowest BCUT2D eigenvalue weighted by Crippen LogP contribution is -2.31. The Bertz CT molecular complexity index is 688. The van der Waals surface area contributed by atoms with Crippen molar-refractivity contribution in [2.24, 2.45) is 0 Å². The quantitative estimate of drug-likeness (QED) is 0.446. The van der Waals surface area contributed by atoms with E-state index < -0.39 is 5.97 Å². The van der Waals surface area contributed by atoms with Gasteiger partial charge in [0, 0.05) is 30.6 Å². The number of anilines is 1. The van der Waals surface area contributed by atoms with Crippen LogP contribution < -0.4 is 10.6 Å². The molecule has 0 aromatic heterocycles. The largest absolute Gasteiger partial charge is 0.462 e. The van der Waals surface area contributed by atoms with Crippen molar-refractivity contribution in [2.45, 2.75) is 25.9 Å². The van der Waals surface area contributed by atoms with Crippen LogP contribution >= 0.6 is 0 Å². The predicted octanol–water partition coefficient (Wildman–Crippen LogP) is 1.98. The Morgan fingerprint density at radius 2 is 2.32 bits per heavy atom. The van der Waals surface area contributed by atoms with Gasteiger partial charge in [0.15, 0.2) is 5.57 Å². The highest BCUT2D eigenvalue weighted by Crippen LogP contribution is 2.13. The number of nitriles is 1. The molecule has 0 bridgehead atoms. The number of nitrogens with zero attached hydrogens (tertiary/aromatic N) is 1. The van der Waals surface area contributed by atoms with E-state index in [1.54, 1.807) is 37.3 Å². The molecule has 1 aliphatic heterocycles. The van der Waals surface area contributed by atoms with Crippen molar-refractivity contribution in [3.63, 3.8) is 0 Å². The first-order valence-corrected chi connectivity index (χ1v) is 8.17. The van der Waals surface area contributed by atoms with Crippen molar-refractivity contribution in [2.75, 3.05) is 25.1 Å². The molecule has 1 atom stereocenters. The zero-order valence-electron chi connectivity index (χ0n) is 14.1. The van der Waals surface area contributed by atoms with Crippen LogP contribution in [0.4, 0.5) is 5.69 Å². The highest BCUT2D eigenvalue weighted by molar-refractivity contribution is 5.95. The molecule has 0 radical (unpaired) electrons. The number of esters is 1. The van der Waals surface area contributed by atoms with E-state index in [0.29, 0.717) is 17.8 Å². The topological polar surface area (TPSA) is 100 Å². The number of hydrogen-bond donors (Lipinski definition) is 2. The number of benzene rings is 1. The first kappa shape index (κ1) is 18.5. The van der Waals surface area contributed by atoms with E-state index >= 15 is 0 Å². The maximum atomic E-state index is 12.2. The van der Waals surface area contributed by atoms with Gasteiger partial charge in [-0.25, -0.2) is 4.79 Å². The highest BCUT2D eigenvalue weighted by atomic mass is 16.5. The van der Waals surface area contributed by atoms with Gasteiger partial charge in [-0.05, 0) is 38.0 Å². The molecule has 7 nitrogen and oxygen atoms in total. The molecule has 1 aromatic rings. The first-order valence-electron chi connectivity index (χ1n) is 8.17. The number of hydrogen-bond acceptors (Lipinski definition) is 6. The van der Waals surface area contributed by atoms with Crippen LogP contribution in [-0.4, -0.2) is 37.7 Å². The minimum absolute atomic E-state index is 0.0796. The normalized spacial score (nSPS) is 16.8. The first-order chi connectivity index (χ1) is 12.1. The molecule has 1 heterocycles. The SMILES string of the molecule is CCOC(=O)/C(C#N)=C\Nc1cccc(C(=O)NCC2CCCO2)c1. The Labute approximate surface area is 146 Å². The monoisotopic (exact) mass is 343 g/mol. The highest BCUT2D eigenvalue weighted by Gasteiger charge is 2.16. The van der Waals surface area contributed by atoms with Gasteiger partial charge in [0.1, 0.15) is 6.07 Å². The van der Waals surface area contributed by atoms with Crippen LogP contribution in [0.1, 0.15) is 30.1 Å². The van der Waals surface area contributed by atoms with Crippen LogP contribution in [0, 0.1) is 11.3 Å². The van der Waals surface area contributed by atoms with Crippen LogP contribution in [0.5, 0.6) is 0 Å². The van der Waals surface area contributed by atoms with Crippen LogP contribution in [0.3, 0.4) is 0 Å². The smallest absolute Gasteiger partial charge is 0.350 e. The fourth-order valence-electron chi connectivity index (χ4n) is 2.37. The van der Waals surface area contributed by atoms with Gasteiger partial charge in [0.25, 0.3) is 5.91 Å². The molecular weight excluding hydrogens is 322 g/mol. The summed E-state index contributed by atoms with van der Waals surface area (Å²) in [5.74, 6) is -0.892. The number of amides is 1. The van der Waals surface area contributed by atoms with Gasteiger partial charge in [0.2, 0.25) is 0 Å². The number of carbonyl (C=O) groups excluding carboxylic acids is 2. The van der Waals surface area contributed by atoms with Crippen molar-refractivity contribution in [3.05, 3.63) is 41.6 Å². The Hall–Kier alpha value is -2.85. The van der Waals surface area contributed by atoms with E-state index in [-0.39, 0.29) is 24.2 Å². The molecular formula is C18H21N3O4. The number of ether oxygens (including phenoxy) is 2. The average Bonchev–Trinajstić information content (AvgIpc) is 3.14. The van der Waals surface area contributed by atoms with Crippen molar-refractivity contribution in [3.8, 4) is 6.07 Å². The standard InChI is InChI=1S/C18H21N3O4/c1-2-24-18(23)14(10-19)11-20-15-6-3-5-13(9-15)17(22)21-12-16-7-4-8-25-16/h3,5-6,9,11,16,20H,2,4,7-8,12H2,1H3,(H,21,22)/b14-11-. The zero-order valence-corrected chi connectivity index (χ0v) is 14.1. The zero-order chi connectivity index (χ0) is 18.1. The van der Waals surface area contributed by atoms with Crippen LogP contribution in [0.25, 0.3) is 0 Å². The van der Waals surface area contributed by atoms with Crippen molar-refractivity contribution < 1.29 is 19.1 Å². The van der Waals surface area contributed by atoms with E-state index in [2.05, 4.69) is 10.6 Å². The Morgan fingerprint density at radius 1 is 1.48 bits per heavy atom. The van der Waals surface area contributed by atoms with Crippen LogP contribution in [0.15, 0.2) is 36.0 Å².